The van der Waals surface area contributed by atoms with E-state index in [-0.39, 0.29) is 5.82 Å². The molecule has 1 unspecified atom stereocenters. The number of unbranched alkanes of at least 4 members (excludes halogenated alkanes) is 3. The number of hydrogen-bond donors (Lipinski definition) is 0. The molecule has 0 amide bonds. The topological polar surface area (TPSA) is 9.23 Å². The van der Waals surface area contributed by atoms with Gasteiger partial charge >= 0.3 is 6.18 Å². The predicted octanol–water partition coefficient (Wildman–Crippen LogP) is 8.91. The molecule has 0 aliphatic heterocycles. The maximum atomic E-state index is 14.4. The summed E-state index contributed by atoms with van der Waals surface area (Å²) >= 11 is 0. The zero-order valence-electron chi connectivity index (χ0n) is 18.4. The van der Waals surface area contributed by atoms with Crippen molar-refractivity contribution in [2.45, 2.75) is 58.2 Å². The van der Waals surface area contributed by atoms with Crippen molar-refractivity contribution in [3.05, 3.63) is 89.2 Å². The van der Waals surface area contributed by atoms with Gasteiger partial charge in [-0.1, -0.05) is 62.6 Å². The van der Waals surface area contributed by atoms with Gasteiger partial charge in [0.15, 0.2) is 0 Å². The SMILES string of the molecule is CCCCCCC(Oc1ccc(-c2ccc(C(F)(F)F)cc2)c(C)c1)c1ccccc1F. The second kappa shape index (κ2) is 10.7. The minimum atomic E-state index is -4.36. The van der Waals surface area contributed by atoms with Crippen LogP contribution in [0.2, 0.25) is 0 Å². The molecular formula is C27H28F4O. The van der Waals surface area contributed by atoms with Gasteiger partial charge in [-0.3, -0.25) is 0 Å². The van der Waals surface area contributed by atoms with Gasteiger partial charge in [-0.05, 0) is 66.8 Å². The van der Waals surface area contributed by atoms with Crippen LogP contribution >= 0.6 is 0 Å². The van der Waals surface area contributed by atoms with Crippen LogP contribution in [0.1, 0.15) is 61.8 Å². The van der Waals surface area contributed by atoms with Crippen LogP contribution in [0.5, 0.6) is 5.75 Å². The van der Waals surface area contributed by atoms with E-state index < -0.39 is 17.8 Å². The Labute approximate surface area is 187 Å². The van der Waals surface area contributed by atoms with Gasteiger partial charge in [0, 0.05) is 5.56 Å². The summed E-state index contributed by atoms with van der Waals surface area (Å²) in [5, 5.41) is 0. The van der Waals surface area contributed by atoms with Crippen molar-refractivity contribution in [3.8, 4) is 16.9 Å². The number of benzene rings is 3. The second-order valence-corrected chi connectivity index (χ2v) is 8.03. The first kappa shape index (κ1) is 23.8. The van der Waals surface area contributed by atoms with E-state index in [2.05, 4.69) is 6.92 Å². The second-order valence-electron chi connectivity index (χ2n) is 8.03. The van der Waals surface area contributed by atoms with E-state index in [0.717, 1.165) is 48.9 Å². The molecule has 3 aromatic carbocycles. The number of aryl methyl sites for hydroxylation is 1. The zero-order chi connectivity index (χ0) is 23.1. The van der Waals surface area contributed by atoms with Crippen LogP contribution in [0, 0.1) is 12.7 Å². The normalized spacial score (nSPS) is 12.6. The first-order valence-corrected chi connectivity index (χ1v) is 11.0. The number of halogens is 4. The van der Waals surface area contributed by atoms with E-state index in [9.17, 15) is 17.6 Å². The fraction of sp³-hybridized carbons (Fsp3) is 0.333. The lowest BCUT2D eigenvalue weighted by Crippen LogP contribution is -2.10. The van der Waals surface area contributed by atoms with E-state index in [1.54, 1.807) is 24.3 Å². The van der Waals surface area contributed by atoms with Crippen LogP contribution in [-0.2, 0) is 6.18 Å². The number of hydrogen-bond acceptors (Lipinski definition) is 1. The minimum absolute atomic E-state index is 0.286. The summed E-state index contributed by atoms with van der Waals surface area (Å²) in [6.45, 7) is 4.03. The minimum Gasteiger partial charge on any atom is -0.486 e. The molecule has 0 saturated carbocycles. The average Bonchev–Trinajstić information content (AvgIpc) is 2.76. The Bertz CT molecular complexity index is 1010. The van der Waals surface area contributed by atoms with Gasteiger partial charge in [-0.2, -0.15) is 13.2 Å². The molecule has 0 aliphatic carbocycles. The fourth-order valence-electron chi connectivity index (χ4n) is 3.81. The smallest absolute Gasteiger partial charge is 0.416 e. The van der Waals surface area contributed by atoms with E-state index in [1.165, 1.54) is 18.2 Å². The van der Waals surface area contributed by atoms with E-state index in [1.807, 2.05) is 19.1 Å². The van der Waals surface area contributed by atoms with Gasteiger partial charge in [0.25, 0.3) is 0 Å². The number of rotatable bonds is 9. The molecule has 3 rings (SSSR count). The molecular weight excluding hydrogens is 416 g/mol. The molecule has 0 saturated heterocycles. The van der Waals surface area contributed by atoms with Gasteiger partial charge in [-0.15, -0.1) is 0 Å². The molecule has 0 fully saturated rings. The highest BCUT2D eigenvalue weighted by Crippen LogP contribution is 2.34. The number of ether oxygens (including phenoxy) is 1. The van der Waals surface area contributed by atoms with Crippen molar-refractivity contribution in [1.29, 1.82) is 0 Å². The Morgan fingerprint density at radius 3 is 2.22 bits per heavy atom. The monoisotopic (exact) mass is 444 g/mol. The molecule has 1 atom stereocenters. The summed E-state index contributed by atoms with van der Waals surface area (Å²) in [6.07, 6.45) is 0.210. The largest absolute Gasteiger partial charge is 0.486 e. The lowest BCUT2D eigenvalue weighted by Gasteiger charge is -2.21. The summed E-state index contributed by atoms with van der Waals surface area (Å²) in [6, 6.07) is 17.3. The lowest BCUT2D eigenvalue weighted by molar-refractivity contribution is -0.137. The Morgan fingerprint density at radius 2 is 1.59 bits per heavy atom. The first-order chi connectivity index (χ1) is 15.3. The van der Waals surface area contributed by atoms with Crippen molar-refractivity contribution in [2.24, 2.45) is 0 Å². The maximum Gasteiger partial charge on any atom is 0.416 e. The van der Waals surface area contributed by atoms with Crippen molar-refractivity contribution in [2.75, 3.05) is 0 Å². The zero-order valence-corrected chi connectivity index (χ0v) is 18.4. The molecule has 0 radical (unpaired) electrons. The highest BCUT2D eigenvalue weighted by atomic mass is 19.4. The van der Waals surface area contributed by atoms with Crippen molar-refractivity contribution in [1.82, 2.24) is 0 Å². The molecule has 5 heteroatoms. The predicted molar refractivity (Wildman–Crippen MR) is 120 cm³/mol. The molecule has 0 spiro atoms. The standard InChI is InChI=1S/C27H28F4O/c1-3-4-5-6-11-26(24-9-7-8-10-25(24)28)32-22-16-17-23(19(2)18-22)20-12-14-21(15-13-20)27(29,30)31/h7-10,12-18,26H,3-6,11H2,1-2H3. The van der Waals surface area contributed by atoms with E-state index in [0.29, 0.717) is 23.3 Å². The molecule has 0 aliphatic rings. The molecule has 3 aromatic rings. The van der Waals surface area contributed by atoms with Crippen molar-refractivity contribution < 1.29 is 22.3 Å². The molecule has 170 valence electrons. The Kier molecular flexibility index (Phi) is 7.94. The third-order valence-electron chi connectivity index (χ3n) is 5.57. The summed E-state index contributed by atoms with van der Waals surface area (Å²) in [5.41, 5.74) is 2.27. The average molecular weight is 445 g/mol. The fourth-order valence-corrected chi connectivity index (χ4v) is 3.81. The van der Waals surface area contributed by atoms with Crippen LogP contribution in [0.4, 0.5) is 17.6 Å². The summed E-state index contributed by atoms with van der Waals surface area (Å²) < 4.78 is 59.1. The Hall–Kier alpha value is -2.82. The Morgan fingerprint density at radius 1 is 0.875 bits per heavy atom. The quantitative estimate of drug-likeness (QED) is 0.236. The third-order valence-corrected chi connectivity index (χ3v) is 5.57. The van der Waals surface area contributed by atoms with Gasteiger partial charge in [-0.25, -0.2) is 4.39 Å². The molecule has 0 bridgehead atoms. The first-order valence-electron chi connectivity index (χ1n) is 11.0. The maximum absolute atomic E-state index is 14.4. The highest BCUT2D eigenvalue weighted by Gasteiger charge is 2.30. The van der Waals surface area contributed by atoms with Gasteiger partial charge in [0.05, 0.1) is 5.56 Å². The van der Waals surface area contributed by atoms with Gasteiger partial charge < -0.3 is 4.74 Å². The summed E-state index contributed by atoms with van der Waals surface area (Å²) in [5.74, 6) is 0.327. The number of alkyl halides is 3. The highest BCUT2D eigenvalue weighted by molar-refractivity contribution is 5.68. The Balaban J connectivity index is 1.80. The van der Waals surface area contributed by atoms with Crippen LogP contribution in [-0.4, -0.2) is 0 Å². The summed E-state index contributed by atoms with van der Waals surface area (Å²) in [7, 11) is 0. The van der Waals surface area contributed by atoms with Gasteiger partial charge in [0.2, 0.25) is 0 Å². The van der Waals surface area contributed by atoms with Gasteiger partial charge in [0.1, 0.15) is 17.7 Å². The van der Waals surface area contributed by atoms with Crippen LogP contribution in [0.3, 0.4) is 0 Å². The van der Waals surface area contributed by atoms with E-state index >= 15 is 0 Å². The molecule has 0 N–H and O–H groups in total. The molecule has 0 heterocycles. The molecule has 32 heavy (non-hydrogen) atoms. The van der Waals surface area contributed by atoms with E-state index in [4.69, 9.17) is 4.74 Å². The van der Waals surface area contributed by atoms with Crippen LogP contribution in [0.15, 0.2) is 66.7 Å². The van der Waals surface area contributed by atoms with Crippen molar-refractivity contribution >= 4 is 0 Å². The summed E-state index contributed by atoms with van der Waals surface area (Å²) in [4.78, 5) is 0. The van der Waals surface area contributed by atoms with Crippen LogP contribution in [0.25, 0.3) is 11.1 Å². The lowest BCUT2D eigenvalue weighted by atomic mass is 9.98. The molecule has 1 nitrogen and oxygen atoms in total. The molecule has 0 aromatic heterocycles. The third kappa shape index (κ3) is 6.12. The van der Waals surface area contributed by atoms with Crippen LogP contribution < -0.4 is 4.74 Å². The van der Waals surface area contributed by atoms with Crippen molar-refractivity contribution in [3.63, 3.8) is 0 Å².